The zero-order valence-corrected chi connectivity index (χ0v) is 13.5. The number of aromatic nitrogens is 3. The van der Waals surface area contributed by atoms with E-state index in [9.17, 15) is 9.90 Å². The minimum atomic E-state index is -0.179. The van der Waals surface area contributed by atoms with E-state index >= 15 is 0 Å². The number of aliphatic hydroxyl groups is 1. The average molecular weight is 306 g/mol. The molecule has 6 heteroatoms. The van der Waals surface area contributed by atoms with Crippen LogP contribution in [-0.2, 0) is 11.3 Å². The zero-order valence-electron chi connectivity index (χ0n) is 13.5. The van der Waals surface area contributed by atoms with Gasteiger partial charge in [-0.3, -0.25) is 4.79 Å². The Morgan fingerprint density at radius 1 is 1.36 bits per heavy atom. The van der Waals surface area contributed by atoms with E-state index in [1.165, 1.54) is 5.57 Å². The third kappa shape index (κ3) is 4.40. The number of carbonyl (C=O) groups is 1. The largest absolute Gasteiger partial charge is 0.396 e. The Morgan fingerprint density at radius 3 is 2.73 bits per heavy atom. The summed E-state index contributed by atoms with van der Waals surface area (Å²) in [5, 5.41) is 17.3. The molecule has 2 rings (SSSR count). The van der Waals surface area contributed by atoms with Crippen molar-refractivity contribution in [3.63, 3.8) is 0 Å². The van der Waals surface area contributed by atoms with Gasteiger partial charge in [-0.25, -0.2) is 0 Å². The van der Waals surface area contributed by atoms with E-state index in [1.807, 2.05) is 9.47 Å². The van der Waals surface area contributed by atoms with E-state index in [1.54, 1.807) is 12.7 Å². The summed E-state index contributed by atoms with van der Waals surface area (Å²) in [6, 6.07) is 0. The number of likely N-dealkylation sites (tertiary alicyclic amines) is 1. The summed E-state index contributed by atoms with van der Waals surface area (Å²) in [7, 11) is 0. The van der Waals surface area contributed by atoms with E-state index in [-0.39, 0.29) is 17.9 Å². The fourth-order valence-electron chi connectivity index (χ4n) is 2.92. The van der Waals surface area contributed by atoms with Gasteiger partial charge < -0.3 is 14.6 Å². The number of amides is 1. The first kappa shape index (κ1) is 16.7. The summed E-state index contributed by atoms with van der Waals surface area (Å²) in [5.74, 6) is 0.142. The van der Waals surface area contributed by atoms with Gasteiger partial charge in [-0.1, -0.05) is 11.6 Å². The summed E-state index contributed by atoms with van der Waals surface area (Å²) < 4.78 is 1.81. The highest BCUT2D eigenvalue weighted by Crippen LogP contribution is 2.34. The topological polar surface area (TPSA) is 71.2 Å². The highest BCUT2D eigenvalue weighted by atomic mass is 16.3. The Bertz CT molecular complexity index is 508. The van der Waals surface area contributed by atoms with E-state index < -0.39 is 0 Å². The SMILES string of the molecule is CC(C)=CCC1(CO)CCCN(C(=O)CCn2cnnc2)C1. The minimum absolute atomic E-state index is 0.131. The molecule has 0 aromatic carbocycles. The molecule has 0 aliphatic carbocycles. The van der Waals surface area contributed by atoms with Gasteiger partial charge in [0, 0.05) is 31.5 Å². The smallest absolute Gasteiger partial charge is 0.224 e. The molecule has 1 aliphatic rings. The number of aryl methyl sites for hydroxylation is 1. The number of piperidine rings is 1. The van der Waals surface area contributed by atoms with Crippen molar-refractivity contribution in [3.8, 4) is 0 Å². The van der Waals surface area contributed by atoms with Crippen molar-refractivity contribution < 1.29 is 9.90 Å². The lowest BCUT2D eigenvalue weighted by atomic mass is 9.77. The van der Waals surface area contributed by atoms with E-state index in [0.29, 0.717) is 19.5 Å². The van der Waals surface area contributed by atoms with Crippen LogP contribution in [0.1, 0.15) is 39.5 Å². The second-order valence-corrected chi connectivity index (χ2v) is 6.51. The van der Waals surface area contributed by atoms with Crippen molar-refractivity contribution >= 4 is 5.91 Å². The monoisotopic (exact) mass is 306 g/mol. The molecule has 22 heavy (non-hydrogen) atoms. The molecule has 0 saturated carbocycles. The molecule has 2 heterocycles. The predicted molar refractivity (Wildman–Crippen MR) is 84.0 cm³/mol. The van der Waals surface area contributed by atoms with Crippen molar-refractivity contribution in [1.29, 1.82) is 0 Å². The molecule has 1 aliphatic heterocycles. The third-order valence-corrected chi connectivity index (χ3v) is 4.34. The number of nitrogens with zero attached hydrogens (tertiary/aromatic N) is 4. The summed E-state index contributed by atoms with van der Waals surface area (Å²) in [4.78, 5) is 14.3. The molecule has 6 nitrogen and oxygen atoms in total. The van der Waals surface area contributed by atoms with Gasteiger partial charge >= 0.3 is 0 Å². The van der Waals surface area contributed by atoms with Crippen molar-refractivity contribution in [2.45, 2.75) is 46.1 Å². The van der Waals surface area contributed by atoms with Gasteiger partial charge in [0.2, 0.25) is 5.91 Å². The number of carbonyl (C=O) groups excluding carboxylic acids is 1. The van der Waals surface area contributed by atoms with Crippen LogP contribution in [0.3, 0.4) is 0 Å². The molecule has 1 aromatic rings. The van der Waals surface area contributed by atoms with Crippen LogP contribution in [0.4, 0.5) is 0 Å². The number of hydrogen-bond donors (Lipinski definition) is 1. The average Bonchev–Trinajstić information content (AvgIpc) is 3.04. The van der Waals surface area contributed by atoms with Crippen molar-refractivity contribution in [2.75, 3.05) is 19.7 Å². The van der Waals surface area contributed by atoms with Gasteiger partial charge in [-0.15, -0.1) is 10.2 Å². The highest BCUT2D eigenvalue weighted by molar-refractivity contribution is 5.76. The van der Waals surface area contributed by atoms with Gasteiger partial charge in [0.15, 0.2) is 0 Å². The second kappa shape index (κ2) is 7.54. The molecular formula is C16H26N4O2. The Balaban J connectivity index is 1.93. The normalized spacial score (nSPS) is 21.7. The molecule has 1 N–H and O–H groups in total. The maximum absolute atomic E-state index is 12.4. The Kier molecular flexibility index (Phi) is 5.71. The zero-order chi connectivity index (χ0) is 16.0. The number of allylic oxidation sites excluding steroid dienone is 2. The lowest BCUT2D eigenvalue weighted by molar-refractivity contribution is -0.135. The van der Waals surface area contributed by atoms with E-state index in [2.05, 4.69) is 30.1 Å². The van der Waals surface area contributed by atoms with Crippen LogP contribution in [0, 0.1) is 5.41 Å². The lowest BCUT2D eigenvalue weighted by Crippen LogP contribution is -2.47. The van der Waals surface area contributed by atoms with Gasteiger partial charge in [0.1, 0.15) is 12.7 Å². The third-order valence-electron chi connectivity index (χ3n) is 4.34. The number of aliphatic hydroxyl groups excluding tert-OH is 1. The maximum atomic E-state index is 12.4. The van der Waals surface area contributed by atoms with Gasteiger partial charge in [-0.2, -0.15) is 0 Å². The standard InChI is InChI=1S/C16H26N4O2/c1-14(2)4-7-16(11-21)6-3-8-20(10-16)15(22)5-9-19-12-17-18-13-19/h4,12-13,21H,3,5-11H2,1-2H3. The van der Waals surface area contributed by atoms with Crippen molar-refractivity contribution in [2.24, 2.45) is 5.41 Å². The molecule has 1 fully saturated rings. The quantitative estimate of drug-likeness (QED) is 0.811. The first-order valence-electron chi connectivity index (χ1n) is 7.89. The molecule has 122 valence electrons. The predicted octanol–water partition coefficient (Wildman–Crippen LogP) is 1.63. The summed E-state index contributed by atoms with van der Waals surface area (Å²) >= 11 is 0. The van der Waals surface area contributed by atoms with Crippen LogP contribution in [0.25, 0.3) is 0 Å². The van der Waals surface area contributed by atoms with Crippen LogP contribution in [0.15, 0.2) is 24.3 Å². The number of rotatable bonds is 6. The fourth-order valence-corrected chi connectivity index (χ4v) is 2.92. The molecule has 1 aromatic heterocycles. The van der Waals surface area contributed by atoms with Crippen LogP contribution in [0.2, 0.25) is 0 Å². The Hall–Kier alpha value is -1.69. The van der Waals surface area contributed by atoms with Crippen molar-refractivity contribution in [1.82, 2.24) is 19.7 Å². The summed E-state index contributed by atoms with van der Waals surface area (Å²) in [6.45, 7) is 6.30. The maximum Gasteiger partial charge on any atom is 0.224 e. The van der Waals surface area contributed by atoms with Gasteiger partial charge in [0.05, 0.1) is 6.61 Å². The van der Waals surface area contributed by atoms with Crippen LogP contribution < -0.4 is 0 Å². The Labute approximate surface area is 131 Å². The molecular weight excluding hydrogens is 280 g/mol. The summed E-state index contributed by atoms with van der Waals surface area (Å²) in [5.41, 5.74) is 1.07. The lowest BCUT2D eigenvalue weighted by Gasteiger charge is -2.41. The highest BCUT2D eigenvalue weighted by Gasteiger charge is 2.35. The fraction of sp³-hybridized carbons (Fsp3) is 0.688. The first-order chi connectivity index (χ1) is 10.5. The minimum Gasteiger partial charge on any atom is -0.396 e. The number of hydrogen-bond acceptors (Lipinski definition) is 4. The molecule has 1 amide bonds. The van der Waals surface area contributed by atoms with E-state index in [0.717, 1.165) is 25.8 Å². The van der Waals surface area contributed by atoms with Crippen LogP contribution in [0.5, 0.6) is 0 Å². The Morgan fingerprint density at radius 2 is 2.09 bits per heavy atom. The first-order valence-corrected chi connectivity index (χ1v) is 7.89. The molecule has 1 saturated heterocycles. The van der Waals surface area contributed by atoms with Crippen LogP contribution in [-0.4, -0.2) is 50.4 Å². The van der Waals surface area contributed by atoms with Crippen LogP contribution >= 0.6 is 0 Å². The second-order valence-electron chi connectivity index (χ2n) is 6.51. The molecule has 1 atom stereocenters. The molecule has 0 bridgehead atoms. The summed E-state index contributed by atoms with van der Waals surface area (Å²) in [6.07, 6.45) is 8.62. The van der Waals surface area contributed by atoms with Gasteiger partial charge in [0.25, 0.3) is 0 Å². The molecule has 1 unspecified atom stereocenters. The van der Waals surface area contributed by atoms with Crippen molar-refractivity contribution in [3.05, 3.63) is 24.3 Å². The van der Waals surface area contributed by atoms with Gasteiger partial charge in [-0.05, 0) is 33.1 Å². The molecule has 0 spiro atoms. The van der Waals surface area contributed by atoms with E-state index in [4.69, 9.17) is 0 Å². The molecule has 0 radical (unpaired) electrons.